The van der Waals surface area contributed by atoms with E-state index < -0.39 is 12.0 Å². The number of halogens is 2. The molecule has 110 valence electrons. The van der Waals surface area contributed by atoms with E-state index in [0.717, 1.165) is 4.47 Å². The van der Waals surface area contributed by atoms with Gasteiger partial charge in [-0.3, -0.25) is 4.79 Å². The number of carbonyl (C=O) groups is 2. The summed E-state index contributed by atoms with van der Waals surface area (Å²) in [4.78, 5) is 24.7. The molecule has 7 heteroatoms. The fourth-order valence-electron chi connectivity index (χ4n) is 1.70. The van der Waals surface area contributed by atoms with E-state index in [1.54, 1.807) is 35.7 Å². The van der Waals surface area contributed by atoms with Crippen LogP contribution in [0, 0.1) is 0 Å². The van der Waals surface area contributed by atoms with Gasteiger partial charge in [0.05, 0.1) is 7.11 Å². The number of benzene rings is 1. The fourth-order valence-corrected chi connectivity index (χ4v) is 3.42. The number of hydrogen-bond donors (Lipinski definition) is 1. The lowest BCUT2D eigenvalue weighted by molar-refractivity contribution is -0.143. The summed E-state index contributed by atoms with van der Waals surface area (Å²) in [5, 5.41) is 4.50. The molecule has 1 heterocycles. The average Bonchev–Trinajstić information content (AvgIpc) is 2.91. The van der Waals surface area contributed by atoms with Crippen LogP contribution >= 0.6 is 43.2 Å². The Hall–Kier alpha value is -1.18. The fraction of sp³-hybridized carbons (Fsp3) is 0.143. The number of hydrogen-bond acceptors (Lipinski definition) is 4. The highest BCUT2D eigenvalue weighted by Crippen LogP contribution is 2.24. The molecular formula is C14H11Br2NO3S. The SMILES string of the molecule is COC(=O)C(NC(=O)c1sccc1Br)c1ccc(Br)cc1. The number of ether oxygens (including phenoxy) is 1. The molecule has 0 radical (unpaired) electrons. The van der Waals surface area contributed by atoms with Gasteiger partial charge in [-0.05, 0) is 45.1 Å². The van der Waals surface area contributed by atoms with Gasteiger partial charge in [-0.25, -0.2) is 4.79 Å². The third kappa shape index (κ3) is 3.93. The first-order valence-corrected chi connectivity index (χ1v) is 8.36. The highest BCUT2D eigenvalue weighted by atomic mass is 79.9. The van der Waals surface area contributed by atoms with E-state index in [1.165, 1.54) is 18.4 Å². The van der Waals surface area contributed by atoms with Crippen LogP contribution in [-0.4, -0.2) is 19.0 Å². The summed E-state index contributed by atoms with van der Waals surface area (Å²) in [5.74, 6) is -0.839. The van der Waals surface area contributed by atoms with Crippen molar-refractivity contribution in [1.29, 1.82) is 0 Å². The van der Waals surface area contributed by atoms with E-state index in [9.17, 15) is 9.59 Å². The second-order valence-electron chi connectivity index (χ2n) is 4.08. The van der Waals surface area contributed by atoms with Crippen LogP contribution in [-0.2, 0) is 9.53 Å². The second-order valence-corrected chi connectivity index (χ2v) is 6.76. The Bertz CT molecular complexity index is 654. The minimum Gasteiger partial charge on any atom is -0.467 e. The van der Waals surface area contributed by atoms with Gasteiger partial charge in [0.2, 0.25) is 0 Å². The minimum absolute atomic E-state index is 0.324. The Morgan fingerprint density at radius 2 is 1.86 bits per heavy atom. The first kappa shape index (κ1) is 16.2. The van der Waals surface area contributed by atoms with E-state index >= 15 is 0 Å². The van der Waals surface area contributed by atoms with E-state index in [0.29, 0.717) is 14.9 Å². The zero-order chi connectivity index (χ0) is 15.4. The van der Waals surface area contributed by atoms with Crippen LogP contribution in [0.15, 0.2) is 44.7 Å². The topological polar surface area (TPSA) is 55.4 Å². The second kappa shape index (κ2) is 7.20. The number of nitrogens with one attached hydrogen (secondary N) is 1. The molecule has 1 aromatic carbocycles. The zero-order valence-electron chi connectivity index (χ0n) is 10.9. The number of methoxy groups -OCH3 is 1. The monoisotopic (exact) mass is 431 g/mol. The first-order chi connectivity index (χ1) is 10.0. The number of amides is 1. The van der Waals surface area contributed by atoms with Crippen LogP contribution in [0.5, 0.6) is 0 Å². The summed E-state index contributed by atoms with van der Waals surface area (Å²) in [5.41, 5.74) is 0.658. The van der Waals surface area contributed by atoms with E-state index in [4.69, 9.17) is 4.74 Å². The summed E-state index contributed by atoms with van der Waals surface area (Å²) in [6.45, 7) is 0. The predicted octanol–water partition coefficient (Wildman–Crippen LogP) is 3.92. The summed E-state index contributed by atoms with van der Waals surface area (Å²) in [6.07, 6.45) is 0. The Kier molecular flexibility index (Phi) is 5.55. The lowest BCUT2D eigenvalue weighted by Crippen LogP contribution is -2.34. The Labute approximate surface area is 142 Å². The number of rotatable bonds is 4. The highest BCUT2D eigenvalue weighted by Gasteiger charge is 2.25. The van der Waals surface area contributed by atoms with Gasteiger partial charge in [0.15, 0.2) is 6.04 Å². The molecule has 2 rings (SSSR count). The van der Waals surface area contributed by atoms with Gasteiger partial charge in [-0.2, -0.15) is 0 Å². The smallest absolute Gasteiger partial charge is 0.333 e. The van der Waals surface area contributed by atoms with Crippen molar-refractivity contribution in [3.05, 3.63) is 55.1 Å². The van der Waals surface area contributed by atoms with Crippen LogP contribution in [0.1, 0.15) is 21.3 Å². The van der Waals surface area contributed by atoms with Gasteiger partial charge in [-0.15, -0.1) is 11.3 Å². The van der Waals surface area contributed by atoms with E-state index in [2.05, 4.69) is 37.2 Å². The van der Waals surface area contributed by atoms with Gasteiger partial charge in [-0.1, -0.05) is 28.1 Å². The van der Waals surface area contributed by atoms with Crippen molar-refractivity contribution < 1.29 is 14.3 Å². The standard InChI is InChI=1S/C14H11Br2NO3S/c1-20-14(19)11(8-2-4-9(15)5-3-8)17-13(18)12-10(16)6-7-21-12/h2-7,11H,1H3,(H,17,18). The molecular weight excluding hydrogens is 422 g/mol. The molecule has 0 aliphatic heterocycles. The normalized spacial score (nSPS) is 11.8. The summed E-state index contributed by atoms with van der Waals surface area (Å²) in [7, 11) is 1.29. The van der Waals surface area contributed by atoms with Crippen LogP contribution in [0.2, 0.25) is 0 Å². The van der Waals surface area contributed by atoms with Crippen molar-refractivity contribution >= 4 is 55.1 Å². The van der Waals surface area contributed by atoms with Crippen molar-refractivity contribution in [1.82, 2.24) is 5.32 Å². The maximum Gasteiger partial charge on any atom is 0.333 e. The van der Waals surface area contributed by atoms with E-state index in [-0.39, 0.29) is 5.91 Å². The Balaban J connectivity index is 2.25. The summed E-state index contributed by atoms with van der Waals surface area (Å²) >= 11 is 7.93. The highest BCUT2D eigenvalue weighted by molar-refractivity contribution is 9.10. The molecule has 0 saturated heterocycles. The lowest BCUT2D eigenvalue weighted by Gasteiger charge is -2.16. The maximum absolute atomic E-state index is 12.2. The molecule has 0 aliphatic carbocycles. The number of thiophene rings is 1. The molecule has 1 atom stereocenters. The van der Waals surface area contributed by atoms with Gasteiger partial charge in [0.1, 0.15) is 4.88 Å². The number of carbonyl (C=O) groups excluding carboxylic acids is 2. The van der Waals surface area contributed by atoms with Gasteiger partial charge in [0, 0.05) is 8.95 Å². The molecule has 1 unspecified atom stereocenters. The third-order valence-corrected chi connectivity index (χ3v) is 5.10. The van der Waals surface area contributed by atoms with Crippen LogP contribution < -0.4 is 5.32 Å². The molecule has 0 fully saturated rings. The maximum atomic E-state index is 12.2. The van der Waals surface area contributed by atoms with Crippen LogP contribution in [0.25, 0.3) is 0 Å². The van der Waals surface area contributed by atoms with Gasteiger partial charge < -0.3 is 10.1 Å². The molecule has 1 amide bonds. The number of esters is 1. The molecule has 0 aliphatic rings. The summed E-state index contributed by atoms with van der Waals surface area (Å²) in [6, 6.07) is 8.07. The third-order valence-electron chi connectivity index (χ3n) is 2.74. The first-order valence-electron chi connectivity index (χ1n) is 5.90. The molecule has 4 nitrogen and oxygen atoms in total. The Morgan fingerprint density at radius 3 is 2.38 bits per heavy atom. The molecule has 2 aromatic rings. The average molecular weight is 433 g/mol. The molecule has 0 spiro atoms. The predicted molar refractivity (Wildman–Crippen MR) is 88.4 cm³/mol. The minimum atomic E-state index is -0.843. The van der Waals surface area contributed by atoms with Crippen LogP contribution in [0.3, 0.4) is 0 Å². The van der Waals surface area contributed by atoms with Gasteiger partial charge in [0.25, 0.3) is 5.91 Å². The zero-order valence-corrected chi connectivity index (χ0v) is 14.9. The molecule has 0 saturated carbocycles. The van der Waals surface area contributed by atoms with Crippen molar-refractivity contribution in [2.45, 2.75) is 6.04 Å². The molecule has 21 heavy (non-hydrogen) atoms. The van der Waals surface area contributed by atoms with Crippen molar-refractivity contribution in [2.24, 2.45) is 0 Å². The van der Waals surface area contributed by atoms with E-state index in [1.807, 2.05) is 0 Å². The van der Waals surface area contributed by atoms with Crippen molar-refractivity contribution in [3.63, 3.8) is 0 Å². The lowest BCUT2D eigenvalue weighted by atomic mass is 10.1. The van der Waals surface area contributed by atoms with Gasteiger partial charge >= 0.3 is 5.97 Å². The Morgan fingerprint density at radius 1 is 1.19 bits per heavy atom. The largest absolute Gasteiger partial charge is 0.467 e. The van der Waals surface area contributed by atoms with Crippen molar-refractivity contribution in [2.75, 3.05) is 7.11 Å². The van der Waals surface area contributed by atoms with Crippen molar-refractivity contribution in [3.8, 4) is 0 Å². The molecule has 1 aromatic heterocycles. The van der Waals surface area contributed by atoms with Crippen LogP contribution in [0.4, 0.5) is 0 Å². The molecule has 1 N–H and O–H groups in total. The molecule has 0 bridgehead atoms. The summed E-state index contributed by atoms with van der Waals surface area (Å²) < 4.78 is 6.36. The quantitative estimate of drug-likeness (QED) is 0.745.